The molecule has 0 spiro atoms. The first-order chi connectivity index (χ1) is 14.7. The van der Waals surface area contributed by atoms with E-state index in [-0.39, 0.29) is 5.25 Å². The van der Waals surface area contributed by atoms with Gasteiger partial charge in [-0.1, -0.05) is 30.7 Å². The van der Waals surface area contributed by atoms with Crippen molar-refractivity contribution >= 4 is 23.4 Å². The number of nitrogens with zero attached hydrogens (tertiary/aromatic N) is 2. The standard InChI is InChI=1S/C24H24ClFN2OS/c1-3-18-20-13-30-24(16-5-4-6-21(29-2)23(16)14-7-8-14)17-11-15(25)9-10-19(17)28(20)22(12-26)27-18/h4-6,9-11,14,24H,3,7-8,12-13H2,1-2H3/t24-/m1/s1. The molecule has 0 amide bonds. The van der Waals surface area contributed by atoms with Crippen LogP contribution in [-0.2, 0) is 18.8 Å². The highest BCUT2D eigenvalue weighted by atomic mass is 35.5. The first-order valence-electron chi connectivity index (χ1n) is 10.4. The average molecular weight is 443 g/mol. The van der Waals surface area contributed by atoms with Crippen molar-refractivity contribution in [3.05, 3.63) is 75.3 Å². The molecule has 2 heterocycles. The zero-order chi connectivity index (χ0) is 20.8. The number of ether oxygens (including phenoxy) is 1. The van der Waals surface area contributed by atoms with Gasteiger partial charge in [0.15, 0.2) is 0 Å². The molecule has 1 aromatic heterocycles. The number of aryl methyl sites for hydroxylation is 1. The molecule has 156 valence electrons. The Kier molecular flexibility index (Phi) is 5.28. The van der Waals surface area contributed by atoms with E-state index in [1.807, 2.05) is 34.5 Å². The summed E-state index contributed by atoms with van der Waals surface area (Å²) in [7, 11) is 1.74. The normalized spacial score (nSPS) is 17.9. The minimum absolute atomic E-state index is 0.0986. The van der Waals surface area contributed by atoms with E-state index in [1.165, 1.54) is 24.0 Å². The van der Waals surface area contributed by atoms with Crippen molar-refractivity contribution in [2.75, 3.05) is 7.11 Å². The minimum Gasteiger partial charge on any atom is -0.496 e. The zero-order valence-corrected chi connectivity index (χ0v) is 18.7. The van der Waals surface area contributed by atoms with Gasteiger partial charge >= 0.3 is 0 Å². The summed E-state index contributed by atoms with van der Waals surface area (Å²) in [5, 5.41) is 0.790. The lowest BCUT2D eigenvalue weighted by Gasteiger charge is -2.23. The minimum atomic E-state index is -0.586. The molecule has 1 aliphatic carbocycles. The second kappa shape index (κ2) is 7.93. The predicted octanol–water partition coefficient (Wildman–Crippen LogP) is 6.78. The maximum Gasteiger partial charge on any atom is 0.148 e. The Morgan fingerprint density at radius 2 is 2.07 bits per heavy atom. The summed E-state index contributed by atoms with van der Waals surface area (Å²) < 4.78 is 21.7. The highest BCUT2D eigenvalue weighted by molar-refractivity contribution is 7.99. The molecule has 5 rings (SSSR count). The molecule has 6 heteroatoms. The summed E-state index contributed by atoms with van der Waals surface area (Å²) in [4.78, 5) is 4.59. The summed E-state index contributed by atoms with van der Waals surface area (Å²) in [6.07, 6.45) is 3.18. The van der Waals surface area contributed by atoms with E-state index in [0.29, 0.717) is 16.8 Å². The van der Waals surface area contributed by atoms with E-state index >= 15 is 0 Å². The lowest BCUT2D eigenvalue weighted by atomic mass is 9.94. The van der Waals surface area contributed by atoms with Gasteiger partial charge in [-0.25, -0.2) is 9.37 Å². The average Bonchev–Trinajstić information content (AvgIpc) is 3.56. The third-order valence-corrected chi connectivity index (χ3v) is 7.58. The van der Waals surface area contributed by atoms with Crippen LogP contribution in [0.4, 0.5) is 4.39 Å². The number of hydrogen-bond acceptors (Lipinski definition) is 3. The third-order valence-electron chi connectivity index (χ3n) is 6.07. The van der Waals surface area contributed by atoms with Crippen LogP contribution in [0.5, 0.6) is 5.75 Å². The zero-order valence-electron chi connectivity index (χ0n) is 17.1. The van der Waals surface area contributed by atoms with Crippen LogP contribution in [0.15, 0.2) is 36.4 Å². The molecule has 2 aromatic carbocycles. The number of fused-ring (bicyclic) bond motifs is 3. The monoisotopic (exact) mass is 442 g/mol. The van der Waals surface area contributed by atoms with Crippen molar-refractivity contribution in [3.63, 3.8) is 0 Å². The molecule has 30 heavy (non-hydrogen) atoms. The van der Waals surface area contributed by atoms with Crippen LogP contribution in [0.1, 0.15) is 64.8 Å². The van der Waals surface area contributed by atoms with Crippen LogP contribution < -0.4 is 4.74 Å². The fourth-order valence-electron chi connectivity index (χ4n) is 4.59. The van der Waals surface area contributed by atoms with E-state index in [0.717, 1.165) is 40.6 Å². The quantitative estimate of drug-likeness (QED) is 0.435. The van der Waals surface area contributed by atoms with Gasteiger partial charge in [0.1, 0.15) is 18.2 Å². The highest BCUT2D eigenvalue weighted by Gasteiger charge is 2.35. The first kappa shape index (κ1) is 20.0. The van der Waals surface area contributed by atoms with E-state index in [4.69, 9.17) is 16.3 Å². The highest BCUT2D eigenvalue weighted by Crippen LogP contribution is 2.53. The molecular formula is C24H24ClFN2OS. The van der Waals surface area contributed by atoms with E-state index < -0.39 is 6.67 Å². The van der Waals surface area contributed by atoms with Crippen LogP contribution in [-0.4, -0.2) is 16.7 Å². The third kappa shape index (κ3) is 3.23. The SMILES string of the molecule is CCc1nc(CF)n2c1CS[C@H](c1cccc(OC)c1C1CC1)c1cc(Cl)ccc1-2. The van der Waals surface area contributed by atoms with Gasteiger partial charge in [-0.15, -0.1) is 11.8 Å². The number of hydrogen-bond donors (Lipinski definition) is 0. The Morgan fingerprint density at radius 1 is 1.23 bits per heavy atom. The predicted molar refractivity (Wildman–Crippen MR) is 121 cm³/mol. The van der Waals surface area contributed by atoms with Crippen molar-refractivity contribution < 1.29 is 9.13 Å². The van der Waals surface area contributed by atoms with Crippen molar-refractivity contribution in [2.24, 2.45) is 0 Å². The molecule has 0 N–H and O–H groups in total. The summed E-state index contributed by atoms with van der Waals surface area (Å²) in [6.45, 7) is 1.49. The molecule has 1 aliphatic heterocycles. The number of imidazole rings is 1. The maximum absolute atomic E-state index is 13.9. The molecule has 2 aliphatic rings. The van der Waals surface area contributed by atoms with Crippen molar-refractivity contribution in [1.29, 1.82) is 0 Å². The Balaban J connectivity index is 1.74. The van der Waals surface area contributed by atoms with Gasteiger partial charge in [0.2, 0.25) is 0 Å². The molecule has 3 nitrogen and oxygen atoms in total. The van der Waals surface area contributed by atoms with Gasteiger partial charge in [0.05, 0.1) is 29.4 Å². The van der Waals surface area contributed by atoms with Gasteiger partial charge in [0, 0.05) is 16.3 Å². The van der Waals surface area contributed by atoms with Crippen LogP contribution >= 0.6 is 23.4 Å². The summed E-state index contributed by atoms with van der Waals surface area (Å²) in [5.74, 6) is 2.76. The number of halogens is 2. The van der Waals surface area contributed by atoms with Gasteiger partial charge in [-0.05, 0) is 60.6 Å². The molecule has 1 atom stereocenters. The first-order valence-corrected chi connectivity index (χ1v) is 11.8. The summed E-state index contributed by atoms with van der Waals surface area (Å²) in [5.41, 5.74) is 6.75. The van der Waals surface area contributed by atoms with Gasteiger partial charge in [-0.3, -0.25) is 4.57 Å². The van der Waals surface area contributed by atoms with Crippen molar-refractivity contribution in [1.82, 2.24) is 9.55 Å². The number of alkyl halides is 1. The maximum atomic E-state index is 13.9. The molecule has 0 radical (unpaired) electrons. The van der Waals surface area contributed by atoms with E-state index in [9.17, 15) is 4.39 Å². The Hall–Kier alpha value is -1.98. The van der Waals surface area contributed by atoms with Crippen LogP contribution in [0.2, 0.25) is 5.02 Å². The summed E-state index contributed by atoms with van der Waals surface area (Å²) >= 11 is 8.32. The second-order valence-corrected chi connectivity index (χ2v) is 9.41. The van der Waals surface area contributed by atoms with Gasteiger partial charge in [0.25, 0.3) is 0 Å². The number of thioether (sulfide) groups is 1. The molecule has 3 aromatic rings. The fourth-order valence-corrected chi connectivity index (χ4v) is 6.14. The number of aromatic nitrogens is 2. The molecule has 1 saturated carbocycles. The van der Waals surface area contributed by atoms with Crippen molar-refractivity contribution in [2.45, 2.75) is 49.8 Å². The second-order valence-electron chi connectivity index (χ2n) is 7.88. The number of rotatable bonds is 5. The Bertz CT molecular complexity index is 1110. The van der Waals surface area contributed by atoms with E-state index in [1.54, 1.807) is 7.11 Å². The Morgan fingerprint density at radius 3 is 2.77 bits per heavy atom. The largest absolute Gasteiger partial charge is 0.496 e. The van der Waals surface area contributed by atoms with Crippen LogP contribution in [0, 0.1) is 0 Å². The molecular weight excluding hydrogens is 419 g/mol. The van der Waals surface area contributed by atoms with E-state index in [2.05, 4.69) is 30.1 Å². The summed E-state index contributed by atoms with van der Waals surface area (Å²) in [6, 6.07) is 12.3. The number of methoxy groups -OCH3 is 1. The van der Waals surface area contributed by atoms with Gasteiger partial charge < -0.3 is 4.74 Å². The molecule has 1 fully saturated rings. The van der Waals surface area contributed by atoms with Crippen molar-refractivity contribution in [3.8, 4) is 11.4 Å². The smallest absolute Gasteiger partial charge is 0.148 e. The molecule has 0 saturated heterocycles. The number of benzene rings is 2. The lowest BCUT2D eigenvalue weighted by Crippen LogP contribution is -2.07. The lowest BCUT2D eigenvalue weighted by molar-refractivity contribution is 0.409. The van der Waals surface area contributed by atoms with Gasteiger partial charge in [-0.2, -0.15) is 0 Å². The topological polar surface area (TPSA) is 27.1 Å². The Labute approximate surface area is 185 Å². The molecule has 0 unspecified atom stereocenters. The fraction of sp³-hybridized carbons (Fsp3) is 0.375. The molecule has 0 bridgehead atoms. The van der Waals surface area contributed by atoms with Crippen LogP contribution in [0.3, 0.4) is 0 Å². The van der Waals surface area contributed by atoms with Crippen LogP contribution in [0.25, 0.3) is 5.69 Å².